The number of carbonyl (C=O) groups is 1. The number of halogens is 2. The minimum absolute atomic E-state index is 0.236. The Balaban J connectivity index is 1.85. The second-order valence-corrected chi connectivity index (χ2v) is 5.28. The largest absolute Gasteiger partial charge is 0.351 e. The summed E-state index contributed by atoms with van der Waals surface area (Å²) in [6, 6.07) is 4.12. The smallest absolute Gasteiger partial charge is 0.252 e. The Morgan fingerprint density at radius 1 is 1.39 bits per heavy atom. The monoisotopic (exact) mass is 314 g/mol. The molecule has 1 heterocycles. The molecule has 5 heteroatoms. The molecule has 1 aromatic rings. The van der Waals surface area contributed by atoms with E-state index in [1.807, 2.05) is 0 Å². The molecule has 1 saturated heterocycles. The van der Waals surface area contributed by atoms with Gasteiger partial charge in [-0.3, -0.25) is 4.79 Å². The number of rotatable bonds is 4. The molecular formula is C13H16BrFN2O. The minimum atomic E-state index is -0.400. The summed E-state index contributed by atoms with van der Waals surface area (Å²) in [4.78, 5) is 14.2. The third-order valence-corrected chi connectivity index (χ3v) is 3.78. The summed E-state index contributed by atoms with van der Waals surface area (Å²) in [5.41, 5.74) is 0.344. The molecule has 1 aromatic carbocycles. The van der Waals surface area contributed by atoms with E-state index in [1.54, 1.807) is 6.07 Å². The first-order chi connectivity index (χ1) is 8.66. The van der Waals surface area contributed by atoms with Crippen LogP contribution in [0.3, 0.4) is 0 Å². The molecular weight excluding hydrogens is 299 g/mol. The summed E-state index contributed by atoms with van der Waals surface area (Å²) in [5.74, 6) is -0.636. The van der Waals surface area contributed by atoms with Gasteiger partial charge in [-0.2, -0.15) is 0 Å². The van der Waals surface area contributed by atoms with E-state index in [2.05, 4.69) is 26.1 Å². The molecule has 3 nitrogen and oxygen atoms in total. The molecule has 2 rings (SSSR count). The number of benzene rings is 1. The molecule has 1 N–H and O–H groups in total. The van der Waals surface area contributed by atoms with Crippen LogP contribution in [0.4, 0.5) is 4.39 Å². The van der Waals surface area contributed by atoms with Crippen LogP contribution < -0.4 is 5.32 Å². The Hall–Kier alpha value is -0.940. The second kappa shape index (κ2) is 6.29. The summed E-state index contributed by atoms with van der Waals surface area (Å²) in [6.45, 7) is 3.68. The van der Waals surface area contributed by atoms with Crippen molar-refractivity contribution >= 4 is 21.8 Å². The molecule has 1 amide bonds. The lowest BCUT2D eigenvalue weighted by Crippen LogP contribution is -2.33. The molecule has 1 fully saturated rings. The summed E-state index contributed by atoms with van der Waals surface area (Å²) in [5, 5.41) is 2.82. The van der Waals surface area contributed by atoms with Crippen molar-refractivity contribution in [3.05, 3.63) is 34.1 Å². The van der Waals surface area contributed by atoms with Crippen LogP contribution in [-0.4, -0.2) is 37.0 Å². The lowest BCUT2D eigenvalue weighted by molar-refractivity contribution is 0.0948. The molecule has 1 aliphatic heterocycles. The molecule has 0 spiro atoms. The predicted octanol–water partition coefficient (Wildman–Crippen LogP) is 2.41. The van der Waals surface area contributed by atoms with Gasteiger partial charge in [0.15, 0.2) is 0 Å². The Bertz CT molecular complexity index is 433. The Kier molecular flexibility index (Phi) is 4.72. The average Bonchev–Trinajstić information content (AvgIpc) is 2.85. The van der Waals surface area contributed by atoms with Crippen LogP contribution in [0.1, 0.15) is 23.2 Å². The van der Waals surface area contributed by atoms with E-state index in [4.69, 9.17) is 0 Å². The van der Waals surface area contributed by atoms with Crippen molar-refractivity contribution in [1.29, 1.82) is 0 Å². The summed E-state index contributed by atoms with van der Waals surface area (Å²) in [6.07, 6.45) is 2.48. The first kappa shape index (κ1) is 13.5. The summed E-state index contributed by atoms with van der Waals surface area (Å²) in [7, 11) is 0. The van der Waals surface area contributed by atoms with Gasteiger partial charge < -0.3 is 10.2 Å². The number of nitrogens with zero attached hydrogens (tertiary/aromatic N) is 1. The topological polar surface area (TPSA) is 32.3 Å². The van der Waals surface area contributed by atoms with Crippen molar-refractivity contribution in [2.24, 2.45) is 0 Å². The van der Waals surface area contributed by atoms with Crippen LogP contribution in [0.15, 0.2) is 22.7 Å². The SMILES string of the molecule is O=C(NCCN1CCCC1)c1cc(F)ccc1Br. The van der Waals surface area contributed by atoms with Gasteiger partial charge in [-0.05, 0) is 60.1 Å². The first-order valence-corrected chi connectivity index (χ1v) is 6.92. The zero-order valence-corrected chi connectivity index (χ0v) is 11.7. The normalized spacial score (nSPS) is 15.9. The van der Waals surface area contributed by atoms with Crippen LogP contribution in [0.5, 0.6) is 0 Å². The molecule has 0 saturated carbocycles. The zero-order chi connectivity index (χ0) is 13.0. The van der Waals surface area contributed by atoms with E-state index >= 15 is 0 Å². The quantitative estimate of drug-likeness (QED) is 0.925. The highest BCUT2D eigenvalue weighted by molar-refractivity contribution is 9.10. The van der Waals surface area contributed by atoms with Crippen molar-refractivity contribution in [2.45, 2.75) is 12.8 Å². The standard InChI is InChI=1S/C13H16BrFN2O/c14-12-4-3-10(15)9-11(12)13(18)16-5-8-17-6-1-2-7-17/h3-4,9H,1-2,5-8H2,(H,16,18). The maximum absolute atomic E-state index is 13.1. The minimum Gasteiger partial charge on any atom is -0.351 e. The Labute approximate surface area is 114 Å². The van der Waals surface area contributed by atoms with Crippen molar-refractivity contribution in [3.63, 3.8) is 0 Å². The van der Waals surface area contributed by atoms with Gasteiger partial charge in [0.2, 0.25) is 0 Å². The van der Waals surface area contributed by atoms with E-state index in [0.717, 1.165) is 19.6 Å². The van der Waals surface area contributed by atoms with Crippen LogP contribution in [0, 0.1) is 5.82 Å². The first-order valence-electron chi connectivity index (χ1n) is 6.12. The molecule has 0 aromatic heterocycles. The van der Waals surface area contributed by atoms with Gasteiger partial charge in [0.05, 0.1) is 5.56 Å². The number of hydrogen-bond donors (Lipinski definition) is 1. The molecule has 18 heavy (non-hydrogen) atoms. The van der Waals surface area contributed by atoms with E-state index in [9.17, 15) is 9.18 Å². The maximum atomic E-state index is 13.1. The van der Waals surface area contributed by atoms with Crippen LogP contribution in [-0.2, 0) is 0 Å². The fourth-order valence-corrected chi connectivity index (χ4v) is 2.53. The summed E-state index contributed by atoms with van der Waals surface area (Å²) < 4.78 is 13.7. The van der Waals surface area contributed by atoms with E-state index in [-0.39, 0.29) is 5.91 Å². The third-order valence-electron chi connectivity index (χ3n) is 3.09. The van der Waals surface area contributed by atoms with Crippen LogP contribution >= 0.6 is 15.9 Å². The maximum Gasteiger partial charge on any atom is 0.252 e. The van der Waals surface area contributed by atoms with E-state index in [0.29, 0.717) is 16.6 Å². The van der Waals surface area contributed by atoms with Gasteiger partial charge in [0.1, 0.15) is 5.82 Å². The molecule has 0 atom stereocenters. The molecule has 0 bridgehead atoms. The second-order valence-electron chi connectivity index (χ2n) is 4.43. The highest BCUT2D eigenvalue weighted by atomic mass is 79.9. The lowest BCUT2D eigenvalue weighted by Gasteiger charge is -2.15. The van der Waals surface area contributed by atoms with E-state index < -0.39 is 5.82 Å². The van der Waals surface area contributed by atoms with Gasteiger partial charge in [0.25, 0.3) is 5.91 Å². The number of nitrogens with one attached hydrogen (secondary N) is 1. The van der Waals surface area contributed by atoms with Crippen molar-refractivity contribution < 1.29 is 9.18 Å². The lowest BCUT2D eigenvalue weighted by atomic mass is 10.2. The average molecular weight is 315 g/mol. The van der Waals surface area contributed by atoms with Crippen molar-refractivity contribution in [3.8, 4) is 0 Å². The number of carbonyl (C=O) groups excluding carboxylic acids is 1. The number of hydrogen-bond acceptors (Lipinski definition) is 2. The molecule has 1 aliphatic rings. The fourth-order valence-electron chi connectivity index (χ4n) is 2.10. The molecule has 0 radical (unpaired) electrons. The Morgan fingerprint density at radius 3 is 2.83 bits per heavy atom. The van der Waals surface area contributed by atoms with Gasteiger partial charge in [-0.15, -0.1) is 0 Å². The van der Waals surface area contributed by atoms with Crippen LogP contribution in [0.25, 0.3) is 0 Å². The predicted molar refractivity (Wildman–Crippen MR) is 72.1 cm³/mol. The van der Waals surface area contributed by atoms with Gasteiger partial charge in [0, 0.05) is 17.6 Å². The Morgan fingerprint density at radius 2 is 2.11 bits per heavy atom. The third kappa shape index (κ3) is 3.53. The summed E-state index contributed by atoms with van der Waals surface area (Å²) >= 11 is 3.25. The fraction of sp³-hybridized carbons (Fsp3) is 0.462. The molecule has 0 unspecified atom stereocenters. The van der Waals surface area contributed by atoms with Crippen molar-refractivity contribution in [2.75, 3.05) is 26.2 Å². The molecule has 98 valence electrons. The van der Waals surface area contributed by atoms with Gasteiger partial charge in [-0.1, -0.05) is 0 Å². The molecule has 0 aliphatic carbocycles. The van der Waals surface area contributed by atoms with Crippen molar-refractivity contribution in [1.82, 2.24) is 10.2 Å². The van der Waals surface area contributed by atoms with Gasteiger partial charge in [-0.25, -0.2) is 4.39 Å². The number of likely N-dealkylation sites (tertiary alicyclic amines) is 1. The number of amides is 1. The van der Waals surface area contributed by atoms with Crippen LogP contribution in [0.2, 0.25) is 0 Å². The van der Waals surface area contributed by atoms with Gasteiger partial charge >= 0.3 is 0 Å². The zero-order valence-electron chi connectivity index (χ0n) is 10.1. The highest BCUT2D eigenvalue weighted by Gasteiger charge is 2.13. The highest BCUT2D eigenvalue weighted by Crippen LogP contribution is 2.17. The van der Waals surface area contributed by atoms with E-state index in [1.165, 1.54) is 25.0 Å².